The lowest BCUT2D eigenvalue weighted by Crippen LogP contribution is -2.52. The van der Waals surface area contributed by atoms with Gasteiger partial charge in [0.15, 0.2) is 0 Å². The summed E-state index contributed by atoms with van der Waals surface area (Å²) in [6.45, 7) is 14.5. The molecule has 0 aromatic heterocycles. The van der Waals surface area contributed by atoms with Gasteiger partial charge in [0.1, 0.15) is 0 Å². The lowest BCUT2D eigenvalue weighted by Gasteiger charge is -2.35. The quantitative estimate of drug-likeness (QED) is 0.787. The molecule has 3 atom stereocenters. The second kappa shape index (κ2) is 6.53. The highest BCUT2D eigenvalue weighted by molar-refractivity contribution is 5.06. The average molecular weight is 298 g/mol. The summed E-state index contributed by atoms with van der Waals surface area (Å²) in [6, 6.07) is 0.712. The predicted octanol–water partition coefficient (Wildman–Crippen LogP) is 2.01. The van der Waals surface area contributed by atoms with Crippen molar-refractivity contribution in [1.29, 1.82) is 0 Å². The highest BCUT2D eigenvalue weighted by Gasteiger charge is 2.54. The highest BCUT2D eigenvalue weighted by Crippen LogP contribution is 2.43. The molecule has 0 amide bonds. The maximum atomic E-state index is 9.56. The van der Waals surface area contributed by atoms with Crippen molar-refractivity contribution in [2.45, 2.75) is 77.2 Å². The third kappa shape index (κ3) is 3.61. The minimum Gasteiger partial charge on any atom is -0.395 e. The van der Waals surface area contributed by atoms with Gasteiger partial charge < -0.3 is 15.2 Å². The zero-order valence-electron chi connectivity index (χ0n) is 14.5. The predicted molar refractivity (Wildman–Crippen MR) is 86.5 cm³/mol. The summed E-state index contributed by atoms with van der Waals surface area (Å²) < 4.78 is 6.39. The molecule has 2 aliphatic heterocycles. The number of aliphatic hydroxyl groups is 1. The second-order valence-electron chi connectivity index (χ2n) is 7.82. The number of likely N-dealkylation sites (tertiary alicyclic amines) is 1. The van der Waals surface area contributed by atoms with Crippen molar-refractivity contribution in [2.24, 2.45) is 5.92 Å². The van der Waals surface area contributed by atoms with Crippen LogP contribution < -0.4 is 5.32 Å². The van der Waals surface area contributed by atoms with E-state index in [9.17, 15) is 5.11 Å². The van der Waals surface area contributed by atoms with Crippen LogP contribution in [-0.4, -0.2) is 59.5 Å². The number of nitrogens with zero attached hydrogens (tertiary/aromatic N) is 1. The Labute approximate surface area is 130 Å². The lowest BCUT2D eigenvalue weighted by atomic mass is 9.82. The Balaban J connectivity index is 2.12. The van der Waals surface area contributed by atoms with Gasteiger partial charge in [0, 0.05) is 24.5 Å². The van der Waals surface area contributed by atoms with Gasteiger partial charge in [0.25, 0.3) is 0 Å². The minimum atomic E-state index is -0.141. The van der Waals surface area contributed by atoms with E-state index in [0.29, 0.717) is 18.0 Å². The van der Waals surface area contributed by atoms with E-state index in [0.717, 1.165) is 32.5 Å². The molecule has 2 fully saturated rings. The Morgan fingerprint density at radius 2 is 1.95 bits per heavy atom. The van der Waals surface area contributed by atoms with Crippen LogP contribution in [0.4, 0.5) is 0 Å². The van der Waals surface area contributed by atoms with E-state index in [2.05, 4.69) is 44.8 Å². The molecule has 2 N–H and O–H groups in total. The van der Waals surface area contributed by atoms with Crippen molar-refractivity contribution < 1.29 is 9.84 Å². The topological polar surface area (TPSA) is 44.7 Å². The largest absolute Gasteiger partial charge is 0.395 e. The lowest BCUT2D eigenvalue weighted by molar-refractivity contribution is -0.0800. The second-order valence-corrected chi connectivity index (χ2v) is 7.82. The van der Waals surface area contributed by atoms with Gasteiger partial charge in [-0.1, -0.05) is 6.92 Å². The van der Waals surface area contributed by atoms with Gasteiger partial charge in [0.05, 0.1) is 17.8 Å². The molecule has 124 valence electrons. The van der Waals surface area contributed by atoms with Gasteiger partial charge in [-0.15, -0.1) is 0 Å². The molecule has 3 unspecified atom stereocenters. The van der Waals surface area contributed by atoms with Crippen LogP contribution in [0.5, 0.6) is 0 Å². The Morgan fingerprint density at radius 1 is 1.24 bits per heavy atom. The summed E-state index contributed by atoms with van der Waals surface area (Å²) >= 11 is 0. The third-order valence-electron chi connectivity index (χ3n) is 5.33. The molecule has 0 aromatic carbocycles. The Bertz CT molecular complexity index is 344. The van der Waals surface area contributed by atoms with E-state index < -0.39 is 0 Å². The SMILES string of the molecule is CCCNC1C(CN2CCCC2CO)C(C)(C)OC1(C)C. The summed E-state index contributed by atoms with van der Waals surface area (Å²) in [5.74, 6) is 0.450. The van der Waals surface area contributed by atoms with Crippen LogP contribution in [0.1, 0.15) is 53.9 Å². The summed E-state index contributed by atoms with van der Waals surface area (Å²) in [6.07, 6.45) is 3.47. The van der Waals surface area contributed by atoms with Crippen molar-refractivity contribution in [2.75, 3.05) is 26.2 Å². The van der Waals surface area contributed by atoms with Gasteiger partial charge in [-0.3, -0.25) is 4.90 Å². The summed E-state index contributed by atoms with van der Waals surface area (Å²) in [4.78, 5) is 2.47. The molecule has 0 bridgehead atoms. The molecule has 2 aliphatic rings. The summed E-state index contributed by atoms with van der Waals surface area (Å²) in [5, 5.41) is 13.3. The summed E-state index contributed by atoms with van der Waals surface area (Å²) in [7, 11) is 0. The first-order valence-electron chi connectivity index (χ1n) is 8.60. The zero-order chi connectivity index (χ0) is 15.7. The highest BCUT2D eigenvalue weighted by atomic mass is 16.5. The Kier molecular flexibility index (Phi) is 5.35. The zero-order valence-corrected chi connectivity index (χ0v) is 14.5. The number of ether oxygens (including phenoxy) is 1. The van der Waals surface area contributed by atoms with Crippen molar-refractivity contribution in [1.82, 2.24) is 10.2 Å². The molecule has 2 saturated heterocycles. The first-order valence-corrected chi connectivity index (χ1v) is 8.60. The smallest absolute Gasteiger partial charge is 0.0790 e. The van der Waals surface area contributed by atoms with Crippen molar-refractivity contribution >= 4 is 0 Å². The molecule has 0 aromatic rings. The van der Waals surface area contributed by atoms with Gasteiger partial charge in [-0.05, 0) is 60.0 Å². The first-order chi connectivity index (χ1) is 9.81. The molecule has 21 heavy (non-hydrogen) atoms. The molecule has 4 heteroatoms. The molecule has 0 spiro atoms. The van der Waals surface area contributed by atoms with Crippen LogP contribution >= 0.6 is 0 Å². The number of rotatable bonds is 6. The van der Waals surface area contributed by atoms with Crippen LogP contribution in [0.25, 0.3) is 0 Å². The maximum Gasteiger partial charge on any atom is 0.0790 e. The molecule has 0 aliphatic carbocycles. The molecule has 0 saturated carbocycles. The van der Waals surface area contributed by atoms with E-state index in [1.54, 1.807) is 0 Å². The van der Waals surface area contributed by atoms with Gasteiger partial charge in [-0.25, -0.2) is 0 Å². The molecule has 2 rings (SSSR count). The van der Waals surface area contributed by atoms with Gasteiger partial charge in [0.2, 0.25) is 0 Å². The fourth-order valence-electron chi connectivity index (χ4n) is 4.31. The molecular weight excluding hydrogens is 264 g/mol. The van der Waals surface area contributed by atoms with E-state index in [-0.39, 0.29) is 17.8 Å². The Morgan fingerprint density at radius 3 is 2.57 bits per heavy atom. The number of aliphatic hydroxyl groups excluding tert-OH is 1. The fourth-order valence-corrected chi connectivity index (χ4v) is 4.31. The molecule has 4 nitrogen and oxygen atoms in total. The van der Waals surface area contributed by atoms with Crippen molar-refractivity contribution in [3.8, 4) is 0 Å². The van der Waals surface area contributed by atoms with E-state index in [4.69, 9.17) is 4.74 Å². The molecule has 0 radical (unpaired) electrons. The average Bonchev–Trinajstić information content (AvgIpc) is 2.89. The first kappa shape index (κ1) is 17.2. The van der Waals surface area contributed by atoms with Crippen LogP contribution in [0.15, 0.2) is 0 Å². The van der Waals surface area contributed by atoms with Crippen LogP contribution in [0, 0.1) is 5.92 Å². The van der Waals surface area contributed by atoms with Crippen LogP contribution in [-0.2, 0) is 4.74 Å². The number of nitrogens with one attached hydrogen (secondary N) is 1. The van der Waals surface area contributed by atoms with Gasteiger partial charge in [-0.2, -0.15) is 0 Å². The number of hydrogen-bond donors (Lipinski definition) is 2. The normalized spacial score (nSPS) is 35.4. The number of hydrogen-bond acceptors (Lipinski definition) is 4. The van der Waals surface area contributed by atoms with Crippen molar-refractivity contribution in [3.63, 3.8) is 0 Å². The molecule has 2 heterocycles. The van der Waals surface area contributed by atoms with E-state index >= 15 is 0 Å². The molecular formula is C17H34N2O2. The fraction of sp³-hybridized carbons (Fsp3) is 1.00. The maximum absolute atomic E-state index is 9.56. The standard InChI is InChI=1S/C17H34N2O2/c1-6-9-18-15-14(16(2,3)21-17(15,4)5)11-19-10-7-8-13(19)12-20/h13-15,18,20H,6-12H2,1-5H3. The van der Waals surface area contributed by atoms with Gasteiger partial charge >= 0.3 is 0 Å². The third-order valence-corrected chi connectivity index (χ3v) is 5.33. The van der Waals surface area contributed by atoms with E-state index in [1.807, 2.05) is 0 Å². The van der Waals surface area contributed by atoms with E-state index in [1.165, 1.54) is 6.42 Å². The Hall–Kier alpha value is -0.160. The minimum absolute atomic E-state index is 0.127. The van der Waals surface area contributed by atoms with Crippen LogP contribution in [0.2, 0.25) is 0 Å². The van der Waals surface area contributed by atoms with Crippen molar-refractivity contribution in [3.05, 3.63) is 0 Å². The van der Waals surface area contributed by atoms with Crippen LogP contribution in [0.3, 0.4) is 0 Å². The summed E-state index contributed by atoms with van der Waals surface area (Å²) in [5.41, 5.74) is -0.269. The monoisotopic (exact) mass is 298 g/mol.